The average molecular weight is 433 g/mol. The second-order valence-corrected chi connectivity index (χ2v) is 5.65. The first-order valence-corrected chi connectivity index (χ1v) is 7.93. The summed E-state index contributed by atoms with van der Waals surface area (Å²) in [6.07, 6.45) is 2.05. The molecule has 1 fully saturated rings. The van der Waals surface area contributed by atoms with Gasteiger partial charge in [0, 0.05) is 19.1 Å². The van der Waals surface area contributed by atoms with Gasteiger partial charge in [0.2, 0.25) is 0 Å². The summed E-state index contributed by atoms with van der Waals surface area (Å²) >= 11 is 0. The molecule has 5 nitrogen and oxygen atoms in total. The molecule has 130 valence electrons. The molecular formula is C17H28IN3O2. The van der Waals surface area contributed by atoms with E-state index < -0.39 is 0 Å². The van der Waals surface area contributed by atoms with Crippen LogP contribution in [0.15, 0.2) is 23.2 Å². The van der Waals surface area contributed by atoms with Gasteiger partial charge in [0.1, 0.15) is 11.5 Å². The van der Waals surface area contributed by atoms with Gasteiger partial charge in [0.05, 0.1) is 14.2 Å². The van der Waals surface area contributed by atoms with E-state index in [0.29, 0.717) is 12.6 Å². The summed E-state index contributed by atoms with van der Waals surface area (Å²) in [6, 6.07) is 6.43. The van der Waals surface area contributed by atoms with Gasteiger partial charge in [-0.1, -0.05) is 6.92 Å². The van der Waals surface area contributed by atoms with Crippen LogP contribution in [0.4, 0.5) is 0 Å². The van der Waals surface area contributed by atoms with Crippen LogP contribution in [-0.4, -0.2) is 39.3 Å². The van der Waals surface area contributed by atoms with Crippen molar-refractivity contribution >= 4 is 29.9 Å². The zero-order chi connectivity index (χ0) is 15.9. The van der Waals surface area contributed by atoms with E-state index in [0.717, 1.165) is 41.9 Å². The predicted molar refractivity (Wildman–Crippen MR) is 105 cm³/mol. The number of nitrogens with zero attached hydrogens (tertiary/aromatic N) is 1. The van der Waals surface area contributed by atoms with E-state index in [2.05, 4.69) is 29.5 Å². The van der Waals surface area contributed by atoms with E-state index in [9.17, 15) is 0 Å². The molecule has 1 aromatic carbocycles. The SMILES string of the molecule is CCNC(=NCCc1cc(OC)ccc1OC)NC1CC1C.I. The Morgan fingerprint density at radius 1 is 1.30 bits per heavy atom. The maximum Gasteiger partial charge on any atom is 0.191 e. The number of hydrogen-bond donors (Lipinski definition) is 2. The molecule has 23 heavy (non-hydrogen) atoms. The molecule has 2 N–H and O–H groups in total. The standard InChI is InChI=1S/C17H27N3O2.HI/c1-5-18-17(20-15-10-12(15)2)19-9-8-13-11-14(21-3)6-7-16(13)22-4;/h6-7,11-12,15H,5,8-10H2,1-4H3,(H2,18,19,20);1H. The Bertz CT molecular complexity index is 523. The second kappa shape index (κ2) is 9.85. The molecule has 0 heterocycles. The number of ether oxygens (including phenoxy) is 2. The summed E-state index contributed by atoms with van der Waals surface area (Å²) in [5, 5.41) is 6.76. The minimum Gasteiger partial charge on any atom is -0.497 e. The highest BCUT2D eigenvalue weighted by Gasteiger charge is 2.33. The molecule has 2 atom stereocenters. The van der Waals surface area contributed by atoms with Gasteiger partial charge in [-0.15, -0.1) is 24.0 Å². The highest BCUT2D eigenvalue weighted by Crippen LogP contribution is 2.28. The van der Waals surface area contributed by atoms with Gasteiger partial charge >= 0.3 is 0 Å². The van der Waals surface area contributed by atoms with Crippen molar-refractivity contribution in [3.05, 3.63) is 23.8 Å². The monoisotopic (exact) mass is 433 g/mol. The third-order valence-corrected chi connectivity index (χ3v) is 3.91. The summed E-state index contributed by atoms with van der Waals surface area (Å²) in [5.41, 5.74) is 1.11. The Balaban J connectivity index is 0.00000264. The number of guanidine groups is 1. The second-order valence-electron chi connectivity index (χ2n) is 5.65. The molecule has 0 aromatic heterocycles. The topological polar surface area (TPSA) is 54.9 Å². The third-order valence-electron chi connectivity index (χ3n) is 3.91. The van der Waals surface area contributed by atoms with E-state index in [4.69, 9.17) is 9.47 Å². The number of aliphatic imine (C=N–C) groups is 1. The average Bonchev–Trinajstić information content (AvgIpc) is 3.22. The number of rotatable bonds is 7. The number of hydrogen-bond acceptors (Lipinski definition) is 3. The largest absolute Gasteiger partial charge is 0.497 e. The van der Waals surface area contributed by atoms with Crippen molar-refractivity contribution in [2.45, 2.75) is 32.7 Å². The van der Waals surface area contributed by atoms with Crippen molar-refractivity contribution in [3.63, 3.8) is 0 Å². The maximum absolute atomic E-state index is 5.40. The van der Waals surface area contributed by atoms with Gasteiger partial charge in [0.15, 0.2) is 5.96 Å². The lowest BCUT2D eigenvalue weighted by atomic mass is 10.1. The van der Waals surface area contributed by atoms with Gasteiger partial charge in [-0.3, -0.25) is 4.99 Å². The molecule has 0 saturated heterocycles. The van der Waals surface area contributed by atoms with Crippen molar-refractivity contribution in [2.24, 2.45) is 10.9 Å². The van der Waals surface area contributed by atoms with Crippen molar-refractivity contribution in [3.8, 4) is 11.5 Å². The molecule has 1 saturated carbocycles. The van der Waals surface area contributed by atoms with Gasteiger partial charge in [-0.2, -0.15) is 0 Å². The Kier molecular flexibility index (Phi) is 8.51. The fraction of sp³-hybridized carbons (Fsp3) is 0.588. The van der Waals surface area contributed by atoms with Crippen LogP contribution in [0.2, 0.25) is 0 Å². The van der Waals surface area contributed by atoms with Crippen molar-refractivity contribution in [1.82, 2.24) is 10.6 Å². The Morgan fingerprint density at radius 2 is 2.04 bits per heavy atom. The van der Waals surface area contributed by atoms with E-state index in [-0.39, 0.29) is 24.0 Å². The quantitative estimate of drug-likeness (QED) is 0.395. The molecule has 1 aliphatic rings. The minimum atomic E-state index is 0. The number of benzene rings is 1. The van der Waals surface area contributed by atoms with Crippen LogP contribution < -0.4 is 20.1 Å². The first-order chi connectivity index (χ1) is 10.7. The first kappa shape index (κ1) is 19.9. The molecule has 0 spiro atoms. The third kappa shape index (κ3) is 6.08. The zero-order valence-electron chi connectivity index (χ0n) is 14.4. The Labute approximate surface area is 156 Å². The van der Waals surface area contributed by atoms with Crippen molar-refractivity contribution in [1.29, 1.82) is 0 Å². The van der Waals surface area contributed by atoms with Crippen LogP contribution in [0.25, 0.3) is 0 Å². The van der Waals surface area contributed by atoms with Gasteiger partial charge in [-0.05, 0) is 49.4 Å². The van der Waals surface area contributed by atoms with Crippen LogP contribution in [0.5, 0.6) is 11.5 Å². The fourth-order valence-electron chi connectivity index (χ4n) is 2.38. The Morgan fingerprint density at radius 3 is 2.61 bits per heavy atom. The molecule has 2 unspecified atom stereocenters. The van der Waals surface area contributed by atoms with Crippen molar-refractivity contribution < 1.29 is 9.47 Å². The Hall–Kier alpha value is -1.18. The minimum absolute atomic E-state index is 0. The first-order valence-electron chi connectivity index (χ1n) is 7.93. The smallest absolute Gasteiger partial charge is 0.191 e. The molecule has 0 amide bonds. The molecule has 1 aliphatic carbocycles. The molecule has 2 rings (SSSR count). The summed E-state index contributed by atoms with van der Waals surface area (Å²) < 4.78 is 10.7. The maximum atomic E-state index is 5.40. The molecule has 6 heteroatoms. The highest BCUT2D eigenvalue weighted by atomic mass is 127. The highest BCUT2D eigenvalue weighted by molar-refractivity contribution is 14.0. The summed E-state index contributed by atoms with van der Waals surface area (Å²) in [4.78, 5) is 4.65. The van der Waals surface area contributed by atoms with E-state index in [1.165, 1.54) is 6.42 Å². The number of methoxy groups -OCH3 is 2. The van der Waals surface area contributed by atoms with Gasteiger partial charge in [-0.25, -0.2) is 0 Å². The summed E-state index contributed by atoms with van der Waals surface area (Å²) in [6.45, 7) is 5.91. The lowest BCUT2D eigenvalue weighted by molar-refractivity contribution is 0.399. The molecule has 0 bridgehead atoms. The predicted octanol–water partition coefficient (Wildman–Crippen LogP) is 2.83. The summed E-state index contributed by atoms with van der Waals surface area (Å²) in [5.74, 6) is 3.38. The van der Waals surface area contributed by atoms with E-state index in [1.54, 1.807) is 14.2 Å². The summed E-state index contributed by atoms with van der Waals surface area (Å²) in [7, 11) is 3.36. The van der Waals surface area contributed by atoms with Gasteiger partial charge in [0.25, 0.3) is 0 Å². The van der Waals surface area contributed by atoms with Crippen LogP contribution in [0, 0.1) is 5.92 Å². The van der Waals surface area contributed by atoms with Crippen molar-refractivity contribution in [2.75, 3.05) is 27.3 Å². The van der Waals surface area contributed by atoms with Crippen LogP contribution in [-0.2, 0) is 6.42 Å². The zero-order valence-corrected chi connectivity index (χ0v) is 16.7. The van der Waals surface area contributed by atoms with Crippen LogP contribution in [0.3, 0.4) is 0 Å². The number of nitrogens with one attached hydrogen (secondary N) is 2. The molecular weight excluding hydrogens is 405 g/mol. The van der Waals surface area contributed by atoms with E-state index >= 15 is 0 Å². The van der Waals surface area contributed by atoms with E-state index in [1.807, 2.05) is 18.2 Å². The fourth-order valence-corrected chi connectivity index (χ4v) is 2.38. The molecule has 0 radical (unpaired) electrons. The molecule has 1 aromatic rings. The lowest BCUT2D eigenvalue weighted by Crippen LogP contribution is -2.39. The van der Waals surface area contributed by atoms with Gasteiger partial charge < -0.3 is 20.1 Å². The number of halogens is 1. The molecule has 0 aliphatic heterocycles. The normalized spacial score (nSPS) is 19.6. The lowest BCUT2D eigenvalue weighted by Gasteiger charge is -2.12. The van der Waals surface area contributed by atoms with Crippen LogP contribution in [0.1, 0.15) is 25.8 Å². The van der Waals surface area contributed by atoms with Crippen LogP contribution >= 0.6 is 24.0 Å².